The largest absolute Gasteiger partial charge is 0.310 e. The van der Waals surface area contributed by atoms with E-state index < -0.39 is 0 Å². The van der Waals surface area contributed by atoms with Crippen molar-refractivity contribution in [2.45, 2.75) is 26.3 Å². The summed E-state index contributed by atoms with van der Waals surface area (Å²) < 4.78 is 1.73. The molecular weight excluding hydrogens is 226 g/mol. The van der Waals surface area contributed by atoms with Crippen molar-refractivity contribution in [1.29, 1.82) is 0 Å². The Bertz CT molecular complexity index is 488. The van der Waals surface area contributed by atoms with E-state index in [1.165, 1.54) is 5.56 Å². The van der Waals surface area contributed by atoms with Crippen molar-refractivity contribution in [2.24, 2.45) is 7.05 Å². The average molecular weight is 245 g/mol. The van der Waals surface area contributed by atoms with Crippen molar-refractivity contribution in [3.05, 3.63) is 41.5 Å². The molecule has 0 fully saturated rings. The Balaban J connectivity index is 2.14. The highest BCUT2D eigenvalue weighted by molar-refractivity contribution is 5.19. The summed E-state index contributed by atoms with van der Waals surface area (Å²) in [5.74, 6) is 0. The Morgan fingerprint density at radius 3 is 2.78 bits per heavy atom. The molecule has 1 atom stereocenters. The Morgan fingerprint density at radius 1 is 1.39 bits per heavy atom. The van der Waals surface area contributed by atoms with Gasteiger partial charge in [-0.05, 0) is 25.1 Å². The van der Waals surface area contributed by atoms with Gasteiger partial charge in [-0.3, -0.25) is 9.67 Å². The topological polar surface area (TPSA) is 55.6 Å². The molecule has 0 spiro atoms. The molecule has 1 unspecified atom stereocenters. The highest BCUT2D eigenvalue weighted by Gasteiger charge is 2.13. The van der Waals surface area contributed by atoms with Crippen LogP contribution in [0.3, 0.4) is 0 Å². The maximum Gasteiger partial charge on any atom is 0.0845 e. The molecule has 96 valence electrons. The van der Waals surface area contributed by atoms with Gasteiger partial charge in [0.1, 0.15) is 0 Å². The van der Waals surface area contributed by atoms with Crippen LogP contribution in [0, 0.1) is 6.92 Å². The van der Waals surface area contributed by atoms with E-state index in [-0.39, 0.29) is 6.04 Å². The van der Waals surface area contributed by atoms with Gasteiger partial charge in [-0.25, -0.2) is 0 Å². The van der Waals surface area contributed by atoms with Crippen LogP contribution < -0.4 is 5.32 Å². The summed E-state index contributed by atoms with van der Waals surface area (Å²) in [6.45, 7) is 5.01. The van der Waals surface area contributed by atoms with E-state index in [0.29, 0.717) is 0 Å². The van der Waals surface area contributed by atoms with Crippen molar-refractivity contribution in [1.82, 2.24) is 25.3 Å². The summed E-state index contributed by atoms with van der Waals surface area (Å²) in [5.41, 5.74) is 3.21. The number of aryl methyl sites for hydroxylation is 2. The van der Waals surface area contributed by atoms with Gasteiger partial charge in [-0.1, -0.05) is 18.2 Å². The smallest absolute Gasteiger partial charge is 0.0845 e. The van der Waals surface area contributed by atoms with Crippen molar-refractivity contribution in [3.63, 3.8) is 0 Å². The Kier molecular flexibility index (Phi) is 4.04. The first-order valence-corrected chi connectivity index (χ1v) is 6.20. The van der Waals surface area contributed by atoms with Crippen LogP contribution in [0.4, 0.5) is 0 Å². The molecule has 5 nitrogen and oxygen atoms in total. The van der Waals surface area contributed by atoms with Gasteiger partial charge in [0.2, 0.25) is 0 Å². The van der Waals surface area contributed by atoms with E-state index in [9.17, 15) is 0 Å². The molecule has 0 saturated heterocycles. The molecule has 2 aromatic heterocycles. The van der Waals surface area contributed by atoms with Crippen LogP contribution >= 0.6 is 0 Å². The van der Waals surface area contributed by atoms with Gasteiger partial charge < -0.3 is 5.32 Å². The highest BCUT2D eigenvalue weighted by atomic mass is 15.4. The third-order valence-corrected chi connectivity index (χ3v) is 2.85. The Hall–Kier alpha value is -1.75. The molecular formula is C13H19N5. The summed E-state index contributed by atoms with van der Waals surface area (Å²) in [6, 6.07) is 4.39. The molecule has 1 N–H and O–H groups in total. The second-order valence-electron chi connectivity index (χ2n) is 4.43. The number of aromatic nitrogens is 4. The van der Waals surface area contributed by atoms with Crippen molar-refractivity contribution in [3.8, 4) is 0 Å². The lowest BCUT2D eigenvalue weighted by Crippen LogP contribution is -2.23. The van der Waals surface area contributed by atoms with Crippen LogP contribution in [0.1, 0.15) is 29.9 Å². The van der Waals surface area contributed by atoms with E-state index in [1.54, 1.807) is 4.68 Å². The van der Waals surface area contributed by atoms with Crippen molar-refractivity contribution < 1.29 is 0 Å². The fourth-order valence-electron chi connectivity index (χ4n) is 1.94. The standard InChI is InChI=1S/C13H19N5/c1-4-14-13(7-12-9-18(3)17-16-12)11-6-5-10(2)15-8-11/h5-6,8-9,13-14H,4,7H2,1-3H3. The number of pyridine rings is 1. The summed E-state index contributed by atoms with van der Waals surface area (Å²) >= 11 is 0. The normalized spacial score (nSPS) is 12.6. The summed E-state index contributed by atoms with van der Waals surface area (Å²) in [6.07, 6.45) is 4.71. The number of likely N-dealkylation sites (N-methyl/N-ethyl adjacent to an activating group) is 1. The van der Waals surface area contributed by atoms with Crippen LogP contribution in [0.25, 0.3) is 0 Å². The first-order chi connectivity index (χ1) is 8.69. The van der Waals surface area contributed by atoms with E-state index in [0.717, 1.165) is 24.4 Å². The first kappa shape index (κ1) is 12.7. The van der Waals surface area contributed by atoms with Gasteiger partial charge in [-0.15, -0.1) is 5.10 Å². The second-order valence-corrected chi connectivity index (χ2v) is 4.43. The minimum absolute atomic E-state index is 0.236. The van der Waals surface area contributed by atoms with Gasteiger partial charge in [0.25, 0.3) is 0 Å². The van der Waals surface area contributed by atoms with Crippen LogP contribution in [-0.4, -0.2) is 26.5 Å². The molecule has 5 heteroatoms. The lowest BCUT2D eigenvalue weighted by molar-refractivity contribution is 0.541. The van der Waals surface area contributed by atoms with Crippen LogP contribution in [-0.2, 0) is 13.5 Å². The third kappa shape index (κ3) is 3.13. The molecule has 0 amide bonds. The minimum Gasteiger partial charge on any atom is -0.310 e. The summed E-state index contributed by atoms with van der Waals surface area (Å²) in [5, 5.41) is 11.6. The number of hydrogen-bond acceptors (Lipinski definition) is 4. The van der Waals surface area contributed by atoms with Gasteiger partial charge in [-0.2, -0.15) is 0 Å². The minimum atomic E-state index is 0.236. The Morgan fingerprint density at radius 2 is 2.22 bits per heavy atom. The number of rotatable bonds is 5. The molecule has 0 radical (unpaired) electrons. The quantitative estimate of drug-likeness (QED) is 0.865. The second kappa shape index (κ2) is 5.73. The summed E-state index contributed by atoms with van der Waals surface area (Å²) in [7, 11) is 1.88. The molecule has 0 aromatic carbocycles. The fraction of sp³-hybridized carbons (Fsp3) is 0.462. The molecule has 2 rings (SSSR count). The molecule has 0 aliphatic carbocycles. The van der Waals surface area contributed by atoms with Gasteiger partial charge in [0.05, 0.1) is 5.69 Å². The molecule has 0 saturated carbocycles. The monoisotopic (exact) mass is 245 g/mol. The van der Waals surface area contributed by atoms with Crippen LogP contribution in [0.15, 0.2) is 24.5 Å². The maximum absolute atomic E-state index is 4.35. The fourth-order valence-corrected chi connectivity index (χ4v) is 1.94. The summed E-state index contributed by atoms with van der Waals surface area (Å²) in [4.78, 5) is 4.35. The predicted octanol–water partition coefficient (Wildman–Crippen LogP) is 1.41. The molecule has 2 heterocycles. The van der Waals surface area contributed by atoms with E-state index >= 15 is 0 Å². The average Bonchev–Trinajstić information content (AvgIpc) is 2.75. The first-order valence-electron chi connectivity index (χ1n) is 6.20. The van der Waals surface area contributed by atoms with E-state index in [4.69, 9.17) is 0 Å². The maximum atomic E-state index is 4.35. The van der Waals surface area contributed by atoms with Gasteiger partial charge >= 0.3 is 0 Å². The number of nitrogens with one attached hydrogen (secondary N) is 1. The van der Waals surface area contributed by atoms with Crippen molar-refractivity contribution >= 4 is 0 Å². The molecule has 0 aliphatic heterocycles. The highest BCUT2D eigenvalue weighted by Crippen LogP contribution is 2.16. The van der Waals surface area contributed by atoms with E-state index in [1.807, 2.05) is 32.4 Å². The SMILES string of the molecule is CCNC(Cc1cn(C)nn1)c1ccc(C)nc1. The van der Waals surface area contributed by atoms with Gasteiger partial charge in [0.15, 0.2) is 0 Å². The third-order valence-electron chi connectivity index (χ3n) is 2.85. The van der Waals surface area contributed by atoms with Crippen LogP contribution in [0.2, 0.25) is 0 Å². The predicted molar refractivity (Wildman–Crippen MR) is 70.1 cm³/mol. The zero-order valence-electron chi connectivity index (χ0n) is 11.1. The zero-order valence-corrected chi connectivity index (χ0v) is 11.1. The molecule has 18 heavy (non-hydrogen) atoms. The lowest BCUT2D eigenvalue weighted by Gasteiger charge is -2.16. The molecule has 2 aromatic rings. The lowest BCUT2D eigenvalue weighted by atomic mass is 10.0. The number of hydrogen-bond donors (Lipinski definition) is 1. The zero-order chi connectivity index (χ0) is 13.0. The molecule has 0 aliphatic rings. The van der Waals surface area contributed by atoms with Crippen molar-refractivity contribution in [2.75, 3.05) is 6.54 Å². The molecule has 0 bridgehead atoms. The van der Waals surface area contributed by atoms with Crippen LogP contribution in [0.5, 0.6) is 0 Å². The number of nitrogens with zero attached hydrogens (tertiary/aromatic N) is 4. The Labute approximate surface area is 107 Å². The van der Waals surface area contributed by atoms with E-state index in [2.05, 4.69) is 33.6 Å². The van der Waals surface area contributed by atoms with Gasteiger partial charge in [0, 0.05) is 37.6 Å².